The molecule has 4 aromatic carbocycles. The number of aromatic nitrogens is 4. The molecule has 3 aromatic heterocycles. The van der Waals surface area contributed by atoms with E-state index in [4.69, 9.17) is 19.9 Å². The van der Waals surface area contributed by atoms with E-state index >= 15 is 0 Å². The summed E-state index contributed by atoms with van der Waals surface area (Å²) in [6.07, 6.45) is 0. The molecule has 0 bridgehead atoms. The van der Waals surface area contributed by atoms with Gasteiger partial charge < -0.3 is 0 Å². The number of hydrogen-bond acceptors (Lipinski definition) is 5. The highest BCUT2D eigenvalue weighted by molar-refractivity contribution is 7.26. The smallest absolute Gasteiger partial charge is 0.160 e. The fourth-order valence-corrected chi connectivity index (χ4v) is 6.23. The Kier molecular flexibility index (Phi) is 5.71. The number of hydrogen-bond donors (Lipinski definition) is 0. The number of nitrogens with zero attached hydrogens (tertiary/aromatic N) is 4. The quantitative estimate of drug-likeness (QED) is 0.232. The van der Waals surface area contributed by atoms with E-state index in [1.807, 2.05) is 43.3 Å². The van der Waals surface area contributed by atoms with E-state index in [-0.39, 0.29) is 0 Å². The lowest BCUT2D eigenvalue weighted by Crippen LogP contribution is -2.00. The predicted octanol–water partition coefficient (Wildman–Crippen LogP) is 8.92. The summed E-state index contributed by atoms with van der Waals surface area (Å²) in [6, 6.07) is 37.5. The lowest BCUT2D eigenvalue weighted by Gasteiger charge is -2.14. The third-order valence-electron chi connectivity index (χ3n) is 6.99. The normalized spacial score (nSPS) is 11.3. The molecule has 0 aliphatic heterocycles. The summed E-state index contributed by atoms with van der Waals surface area (Å²) >= 11 is 1.75. The van der Waals surface area contributed by atoms with Gasteiger partial charge in [-0.25, -0.2) is 19.9 Å². The number of thiophene rings is 1. The van der Waals surface area contributed by atoms with Gasteiger partial charge >= 0.3 is 0 Å². The summed E-state index contributed by atoms with van der Waals surface area (Å²) in [5.74, 6) is 1.49. The first kappa shape index (κ1) is 23.4. The molecule has 0 radical (unpaired) electrons. The van der Waals surface area contributed by atoms with Crippen molar-refractivity contribution in [3.8, 4) is 45.2 Å². The summed E-state index contributed by atoms with van der Waals surface area (Å²) in [5, 5.41) is 1.18. The van der Waals surface area contributed by atoms with E-state index in [2.05, 4.69) is 79.7 Å². The second-order valence-corrected chi connectivity index (χ2v) is 10.6. The molecule has 0 aliphatic carbocycles. The van der Waals surface area contributed by atoms with Crippen LogP contribution in [0.3, 0.4) is 0 Å². The molecule has 186 valence electrons. The van der Waals surface area contributed by atoms with Crippen molar-refractivity contribution in [3.05, 3.63) is 121 Å². The highest BCUT2D eigenvalue weighted by Crippen LogP contribution is 2.39. The van der Waals surface area contributed by atoms with Crippen molar-refractivity contribution in [3.63, 3.8) is 0 Å². The Morgan fingerprint density at radius 3 is 1.69 bits per heavy atom. The van der Waals surface area contributed by atoms with Crippen LogP contribution in [-0.4, -0.2) is 19.9 Å². The monoisotopic (exact) mass is 520 g/mol. The van der Waals surface area contributed by atoms with Crippen LogP contribution in [0.25, 0.3) is 65.5 Å². The first-order chi connectivity index (χ1) is 19.2. The molecule has 5 heteroatoms. The van der Waals surface area contributed by atoms with Gasteiger partial charge in [-0.2, -0.15) is 0 Å². The minimum atomic E-state index is 0.720. The molecule has 39 heavy (non-hydrogen) atoms. The molecular weight excluding hydrogens is 496 g/mol. The number of benzene rings is 4. The molecule has 0 unspecified atom stereocenters. The molecule has 7 aromatic rings. The summed E-state index contributed by atoms with van der Waals surface area (Å²) in [7, 11) is 0. The van der Waals surface area contributed by atoms with Crippen molar-refractivity contribution in [1.29, 1.82) is 0 Å². The van der Waals surface area contributed by atoms with Crippen LogP contribution in [0.15, 0.2) is 109 Å². The van der Waals surface area contributed by atoms with Crippen LogP contribution < -0.4 is 0 Å². The number of fused-ring (bicyclic) bond motifs is 3. The van der Waals surface area contributed by atoms with Gasteiger partial charge in [0.05, 0.1) is 27.3 Å². The van der Waals surface area contributed by atoms with Crippen LogP contribution in [0.4, 0.5) is 0 Å². The zero-order valence-electron chi connectivity index (χ0n) is 21.6. The van der Waals surface area contributed by atoms with Crippen LogP contribution in [-0.2, 0) is 0 Å². The highest BCUT2D eigenvalue weighted by Gasteiger charge is 2.17. The molecule has 7 rings (SSSR count). The third-order valence-corrected chi connectivity index (χ3v) is 8.16. The Bertz CT molecular complexity index is 1960. The molecule has 0 amide bonds. The van der Waals surface area contributed by atoms with E-state index < -0.39 is 0 Å². The van der Waals surface area contributed by atoms with Gasteiger partial charge in [-0.15, -0.1) is 11.3 Å². The lowest BCUT2D eigenvalue weighted by molar-refractivity contribution is 1.10. The van der Waals surface area contributed by atoms with E-state index in [1.54, 1.807) is 11.3 Å². The number of aryl methyl sites for hydroxylation is 1. The standard InChI is InChI=1S/C34H24N4S/c1-21-29(23-11-5-3-6-12-23)37-34(26-13-7-4-8-14-26)38-30(21)24-17-19-25(20-18-24)31-33-32(36-22(2)35-31)27-15-9-10-16-28(27)39-33/h3-20H,1-2H3. The van der Waals surface area contributed by atoms with Crippen molar-refractivity contribution in [2.24, 2.45) is 0 Å². The fraction of sp³-hybridized carbons (Fsp3) is 0.0588. The second kappa shape index (κ2) is 9.53. The SMILES string of the molecule is Cc1nc(-c2ccc(-c3nc(-c4ccccc4)nc(-c4ccccc4)c3C)cc2)c2sc3ccccc3c2n1. The maximum Gasteiger partial charge on any atom is 0.160 e. The lowest BCUT2D eigenvalue weighted by atomic mass is 9.99. The van der Waals surface area contributed by atoms with Crippen LogP contribution >= 0.6 is 11.3 Å². The van der Waals surface area contributed by atoms with Crippen LogP contribution in [0, 0.1) is 13.8 Å². The third kappa shape index (κ3) is 4.17. The summed E-state index contributed by atoms with van der Waals surface area (Å²) in [6.45, 7) is 4.07. The van der Waals surface area contributed by atoms with Gasteiger partial charge in [-0.05, 0) is 19.9 Å². The molecular formula is C34H24N4S. The van der Waals surface area contributed by atoms with Gasteiger partial charge in [0.2, 0.25) is 0 Å². The Balaban J connectivity index is 1.37. The van der Waals surface area contributed by atoms with Gasteiger partial charge in [-0.3, -0.25) is 0 Å². The largest absolute Gasteiger partial charge is 0.232 e. The predicted molar refractivity (Wildman–Crippen MR) is 162 cm³/mol. The van der Waals surface area contributed by atoms with Gasteiger partial charge in [0.15, 0.2) is 5.82 Å². The summed E-state index contributed by atoms with van der Waals surface area (Å²) in [5.41, 5.74) is 9.12. The van der Waals surface area contributed by atoms with Gasteiger partial charge in [0, 0.05) is 37.9 Å². The molecule has 0 atom stereocenters. The molecule has 0 spiro atoms. The molecule has 4 nitrogen and oxygen atoms in total. The summed E-state index contributed by atoms with van der Waals surface area (Å²) < 4.78 is 2.34. The summed E-state index contributed by atoms with van der Waals surface area (Å²) in [4.78, 5) is 19.7. The van der Waals surface area contributed by atoms with Crippen molar-refractivity contribution < 1.29 is 0 Å². The minimum absolute atomic E-state index is 0.720. The van der Waals surface area contributed by atoms with Crippen LogP contribution in [0.2, 0.25) is 0 Å². The Hall–Kier alpha value is -4.74. The van der Waals surface area contributed by atoms with Crippen LogP contribution in [0.1, 0.15) is 11.4 Å². The first-order valence-electron chi connectivity index (χ1n) is 12.9. The Labute approximate surface area is 230 Å². The maximum absolute atomic E-state index is 5.06. The van der Waals surface area contributed by atoms with Crippen molar-refractivity contribution in [1.82, 2.24) is 19.9 Å². The van der Waals surface area contributed by atoms with Gasteiger partial charge in [-0.1, -0.05) is 103 Å². The van der Waals surface area contributed by atoms with Gasteiger partial charge in [0.25, 0.3) is 0 Å². The molecule has 0 fully saturated rings. The van der Waals surface area contributed by atoms with E-state index in [9.17, 15) is 0 Å². The van der Waals surface area contributed by atoms with Gasteiger partial charge in [0.1, 0.15) is 5.82 Å². The molecule has 3 heterocycles. The van der Waals surface area contributed by atoms with Crippen LogP contribution in [0.5, 0.6) is 0 Å². The fourth-order valence-electron chi connectivity index (χ4n) is 5.08. The maximum atomic E-state index is 5.06. The highest BCUT2D eigenvalue weighted by atomic mass is 32.1. The Morgan fingerprint density at radius 1 is 0.487 bits per heavy atom. The van der Waals surface area contributed by atoms with Crippen molar-refractivity contribution in [2.45, 2.75) is 13.8 Å². The van der Waals surface area contributed by atoms with Crippen molar-refractivity contribution in [2.75, 3.05) is 0 Å². The zero-order chi connectivity index (χ0) is 26.3. The topological polar surface area (TPSA) is 51.6 Å². The van der Waals surface area contributed by atoms with E-state index in [0.29, 0.717) is 0 Å². The zero-order valence-corrected chi connectivity index (χ0v) is 22.4. The molecule has 0 N–H and O–H groups in total. The average Bonchev–Trinajstić information content (AvgIpc) is 3.36. The number of rotatable bonds is 4. The van der Waals surface area contributed by atoms with E-state index in [1.165, 1.54) is 10.1 Å². The Morgan fingerprint density at radius 2 is 1.03 bits per heavy atom. The van der Waals surface area contributed by atoms with E-state index in [0.717, 1.165) is 66.8 Å². The molecule has 0 saturated heterocycles. The average molecular weight is 521 g/mol. The molecule has 0 aliphatic rings. The first-order valence-corrected chi connectivity index (χ1v) is 13.7. The molecule has 0 saturated carbocycles. The van der Waals surface area contributed by atoms with Crippen molar-refractivity contribution >= 4 is 31.6 Å². The second-order valence-electron chi connectivity index (χ2n) is 9.57. The minimum Gasteiger partial charge on any atom is -0.232 e.